The average molecular weight is 291 g/mol. The van der Waals surface area contributed by atoms with Crippen molar-refractivity contribution in [2.24, 2.45) is 0 Å². The quantitative estimate of drug-likeness (QED) is 0.541. The molecule has 0 fully saturated rings. The minimum absolute atomic E-state index is 0.737. The zero-order valence-electron chi connectivity index (χ0n) is 10.9. The highest BCUT2D eigenvalue weighted by molar-refractivity contribution is 7.98. The number of thioether (sulfide) groups is 1. The number of rotatable bonds is 3. The van der Waals surface area contributed by atoms with Crippen LogP contribution in [0.2, 0.25) is 0 Å². The van der Waals surface area contributed by atoms with E-state index < -0.39 is 0 Å². The topological polar surface area (TPSA) is 51.8 Å². The van der Waals surface area contributed by atoms with Crippen molar-refractivity contribution >= 4 is 33.3 Å². The lowest BCUT2D eigenvalue weighted by atomic mass is 10.2. The molecular weight excluding hydrogens is 278 g/mol. The molecule has 3 heterocycles. The molecule has 0 unspecified atom stereocenters. The van der Waals surface area contributed by atoms with E-state index in [4.69, 9.17) is 4.52 Å². The van der Waals surface area contributed by atoms with Crippen molar-refractivity contribution in [3.8, 4) is 0 Å². The summed E-state index contributed by atoms with van der Waals surface area (Å²) in [5, 5.41) is 6.08. The van der Waals surface area contributed by atoms with E-state index in [1.54, 1.807) is 29.4 Å². The molecule has 98 valence electrons. The van der Waals surface area contributed by atoms with Crippen LogP contribution in [-0.2, 0) is 5.75 Å². The Morgan fingerprint density at radius 2 is 2.11 bits per heavy atom. The smallest absolute Gasteiger partial charge is 0.147 e. The second kappa shape index (κ2) is 4.94. The average Bonchev–Trinajstić information content (AvgIpc) is 2.93. The number of hydrogen-bond acceptors (Lipinski definition) is 6. The first-order valence-electron chi connectivity index (χ1n) is 5.91. The third-order valence-electron chi connectivity index (χ3n) is 2.96. The van der Waals surface area contributed by atoms with Gasteiger partial charge in [-0.15, -0.1) is 11.3 Å². The van der Waals surface area contributed by atoms with E-state index in [2.05, 4.69) is 29.0 Å². The lowest BCUT2D eigenvalue weighted by Gasteiger charge is -2.01. The first kappa shape index (κ1) is 12.6. The molecule has 0 radical (unpaired) electrons. The molecule has 19 heavy (non-hydrogen) atoms. The molecule has 0 aromatic carbocycles. The van der Waals surface area contributed by atoms with Crippen LogP contribution in [0.15, 0.2) is 21.9 Å². The third-order valence-corrected chi connectivity index (χ3v) is 5.09. The fraction of sp³-hybridized carbons (Fsp3) is 0.308. The molecule has 4 nitrogen and oxygen atoms in total. The predicted octanol–water partition coefficient (Wildman–Crippen LogP) is 3.90. The zero-order chi connectivity index (χ0) is 13.4. The van der Waals surface area contributed by atoms with Gasteiger partial charge in [-0.3, -0.25) is 0 Å². The lowest BCUT2D eigenvalue weighted by molar-refractivity contribution is 0.391. The number of nitrogens with zero attached hydrogens (tertiary/aromatic N) is 3. The van der Waals surface area contributed by atoms with E-state index in [1.807, 2.05) is 13.0 Å². The van der Waals surface area contributed by atoms with Gasteiger partial charge >= 0.3 is 0 Å². The highest BCUT2D eigenvalue weighted by atomic mass is 32.2. The summed E-state index contributed by atoms with van der Waals surface area (Å²) in [6.07, 6.45) is 1.63. The van der Waals surface area contributed by atoms with Crippen LogP contribution in [0, 0.1) is 20.8 Å². The van der Waals surface area contributed by atoms with Gasteiger partial charge in [-0.1, -0.05) is 16.9 Å². The van der Waals surface area contributed by atoms with Crippen molar-refractivity contribution in [3.05, 3.63) is 34.3 Å². The Morgan fingerprint density at radius 1 is 1.26 bits per heavy atom. The van der Waals surface area contributed by atoms with E-state index >= 15 is 0 Å². The van der Waals surface area contributed by atoms with Crippen LogP contribution in [-0.4, -0.2) is 15.1 Å². The second-order valence-electron chi connectivity index (χ2n) is 4.37. The Bertz CT molecular complexity index is 733. The fourth-order valence-corrected chi connectivity index (χ4v) is 3.88. The number of aromatic nitrogens is 3. The molecule has 0 aliphatic heterocycles. The molecule has 0 saturated carbocycles. The molecule has 0 amide bonds. The van der Waals surface area contributed by atoms with Crippen molar-refractivity contribution in [2.45, 2.75) is 31.6 Å². The molecule has 3 rings (SSSR count). The van der Waals surface area contributed by atoms with Crippen LogP contribution >= 0.6 is 23.1 Å². The molecule has 0 bridgehead atoms. The van der Waals surface area contributed by atoms with Crippen molar-refractivity contribution in [2.75, 3.05) is 0 Å². The lowest BCUT2D eigenvalue weighted by Crippen LogP contribution is -1.86. The maximum absolute atomic E-state index is 5.22. The van der Waals surface area contributed by atoms with Gasteiger partial charge in [-0.05, 0) is 26.3 Å². The van der Waals surface area contributed by atoms with E-state index in [-0.39, 0.29) is 0 Å². The molecular formula is C13H13N3OS2. The minimum atomic E-state index is 0.737. The first-order chi connectivity index (χ1) is 9.15. The zero-order valence-corrected chi connectivity index (χ0v) is 12.6. The highest BCUT2D eigenvalue weighted by Gasteiger charge is 2.13. The van der Waals surface area contributed by atoms with Gasteiger partial charge in [0.25, 0.3) is 0 Å². The van der Waals surface area contributed by atoms with Crippen molar-refractivity contribution in [1.82, 2.24) is 15.1 Å². The van der Waals surface area contributed by atoms with Gasteiger partial charge in [0.2, 0.25) is 0 Å². The Morgan fingerprint density at radius 3 is 2.84 bits per heavy atom. The van der Waals surface area contributed by atoms with E-state index in [9.17, 15) is 0 Å². The van der Waals surface area contributed by atoms with Gasteiger partial charge < -0.3 is 4.52 Å². The Balaban J connectivity index is 1.92. The third kappa shape index (κ3) is 2.37. The summed E-state index contributed by atoms with van der Waals surface area (Å²) in [5.74, 6) is 1.61. The standard InChI is InChI=1S/C13H13N3OS2/c1-7-4-10(17-16-7)5-18-12-11-8(2)9(3)19-13(11)15-6-14-12/h4,6H,5H2,1-3H3. The first-order valence-corrected chi connectivity index (χ1v) is 7.71. The summed E-state index contributed by atoms with van der Waals surface area (Å²) in [7, 11) is 0. The summed E-state index contributed by atoms with van der Waals surface area (Å²) in [6.45, 7) is 6.17. The van der Waals surface area contributed by atoms with Gasteiger partial charge in [0, 0.05) is 16.3 Å². The van der Waals surface area contributed by atoms with Crippen LogP contribution in [0.3, 0.4) is 0 Å². The summed E-state index contributed by atoms with van der Waals surface area (Å²) in [5.41, 5.74) is 2.18. The van der Waals surface area contributed by atoms with E-state index in [0.717, 1.165) is 27.1 Å². The summed E-state index contributed by atoms with van der Waals surface area (Å²) < 4.78 is 5.22. The van der Waals surface area contributed by atoms with Gasteiger partial charge in [-0.25, -0.2) is 9.97 Å². The summed E-state index contributed by atoms with van der Waals surface area (Å²) in [4.78, 5) is 11.1. The maximum atomic E-state index is 5.22. The number of fused-ring (bicyclic) bond motifs is 1. The number of thiophene rings is 1. The van der Waals surface area contributed by atoms with E-state index in [1.165, 1.54) is 15.8 Å². The van der Waals surface area contributed by atoms with Gasteiger partial charge in [0.15, 0.2) is 0 Å². The largest absolute Gasteiger partial charge is 0.360 e. The normalized spacial score (nSPS) is 11.3. The van der Waals surface area contributed by atoms with E-state index in [0.29, 0.717) is 0 Å². The molecule has 3 aromatic heterocycles. The second-order valence-corrected chi connectivity index (χ2v) is 6.53. The van der Waals surface area contributed by atoms with Gasteiger partial charge in [0.1, 0.15) is 21.9 Å². The predicted molar refractivity (Wildman–Crippen MR) is 77.7 cm³/mol. The van der Waals surface area contributed by atoms with Gasteiger partial charge in [-0.2, -0.15) is 0 Å². The molecule has 0 N–H and O–H groups in total. The molecule has 0 spiro atoms. The fourth-order valence-electron chi connectivity index (χ4n) is 1.88. The number of hydrogen-bond donors (Lipinski definition) is 0. The van der Waals surface area contributed by atoms with Crippen molar-refractivity contribution in [1.29, 1.82) is 0 Å². The molecule has 0 atom stereocenters. The van der Waals surface area contributed by atoms with Crippen LogP contribution < -0.4 is 0 Å². The maximum Gasteiger partial charge on any atom is 0.147 e. The van der Waals surface area contributed by atoms with Crippen LogP contribution in [0.25, 0.3) is 10.2 Å². The highest BCUT2D eigenvalue weighted by Crippen LogP contribution is 2.35. The Kier molecular flexibility index (Phi) is 3.28. The molecule has 0 aliphatic carbocycles. The van der Waals surface area contributed by atoms with Crippen molar-refractivity contribution < 1.29 is 4.52 Å². The molecule has 3 aromatic rings. The molecule has 0 aliphatic rings. The summed E-state index contributed by atoms with van der Waals surface area (Å²) in [6, 6.07) is 1.96. The van der Waals surface area contributed by atoms with Gasteiger partial charge in [0.05, 0.1) is 11.4 Å². The summed E-state index contributed by atoms with van der Waals surface area (Å²) >= 11 is 3.38. The van der Waals surface area contributed by atoms with Crippen LogP contribution in [0.4, 0.5) is 0 Å². The van der Waals surface area contributed by atoms with Crippen LogP contribution in [0.5, 0.6) is 0 Å². The number of aryl methyl sites for hydroxylation is 3. The Labute approximate surface area is 119 Å². The molecule has 6 heteroatoms. The van der Waals surface area contributed by atoms with Crippen molar-refractivity contribution in [3.63, 3.8) is 0 Å². The Hall–Kier alpha value is -1.40. The minimum Gasteiger partial charge on any atom is -0.360 e. The van der Waals surface area contributed by atoms with Crippen LogP contribution in [0.1, 0.15) is 21.9 Å². The monoisotopic (exact) mass is 291 g/mol. The molecule has 0 saturated heterocycles. The SMILES string of the molecule is Cc1cc(CSc2ncnc3sc(C)c(C)c23)on1.